The summed E-state index contributed by atoms with van der Waals surface area (Å²) >= 11 is 6.21. The first-order chi connectivity index (χ1) is 15.7. The molecule has 7 nitrogen and oxygen atoms in total. The maximum atomic E-state index is 13.6. The van der Waals surface area contributed by atoms with Gasteiger partial charge >= 0.3 is 5.63 Å². The van der Waals surface area contributed by atoms with Crippen molar-refractivity contribution in [2.24, 2.45) is 0 Å². The molecular formula is C24H18ClNO6S. The molecule has 1 heterocycles. The summed E-state index contributed by atoms with van der Waals surface area (Å²) in [6.07, 6.45) is 0. The van der Waals surface area contributed by atoms with Crippen LogP contribution in [-0.2, 0) is 10.0 Å². The number of nitrogens with zero attached hydrogens (tertiary/aromatic N) is 1. The van der Waals surface area contributed by atoms with E-state index in [2.05, 4.69) is 0 Å². The van der Waals surface area contributed by atoms with Gasteiger partial charge in [0, 0.05) is 5.39 Å². The molecule has 168 valence electrons. The van der Waals surface area contributed by atoms with E-state index in [1.165, 1.54) is 43.5 Å². The summed E-state index contributed by atoms with van der Waals surface area (Å²) < 4.78 is 38.1. The van der Waals surface area contributed by atoms with Crippen LogP contribution in [0.3, 0.4) is 0 Å². The lowest BCUT2D eigenvalue weighted by atomic mass is 10.1. The van der Waals surface area contributed by atoms with Gasteiger partial charge in [-0.2, -0.15) is 4.31 Å². The Morgan fingerprint density at radius 1 is 1.00 bits per heavy atom. The molecule has 0 unspecified atom stereocenters. The highest BCUT2D eigenvalue weighted by atomic mass is 35.5. The van der Waals surface area contributed by atoms with Crippen LogP contribution in [0.4, 0.5) is 5.69 Å². The summed E-state index contributed by atoms with van der Waals surface area (Å²) in [7, 11) is -3.01. The zero-order chi connectivity index (χ0) is 23.8. The lowest BCUT2D eigenvalue weighted by molar-refractivity contribution is 0.100. The predicted molar refractivity (Wildman–Crippen MR) is 126 cm³/mol. The van der Waals surface area contributed by atoms with E-state index in [9.17, 15) is 18.0 Å². The van der Waals surface area contributed by atoms with E-state index < -0.39 is 27.1 Å². The number of amides is 1. The van der Waals surface area contributed by atoms with Crippen molar-refractivity contribution in [1.82, 2.24) is 0 Å². The Kier molecular flexibility index (Phi) is 5.97. The van der Waals surface area contributed by atoms with E-state index in [0.717, 1.165) is 5.56 Å². The molecule has 0 fully saturated rings. The number of aryl methyl sites for hydroxylation is 1. The molecule has 0 saturated heterocycles. The highest BCUT2D eigenvalue weighted by Crippen LogP contribution is 2.33. The van der Waals surface area contributed by atoms with Gasteiger partial charge < -0.3 is 9.15 Å². The van der Waals surface area contributed by atoms with Gasteiger partial charge in [-0.25, -0.2) is 13.2 Å². The van der Waals surface area contributed by atoms with Gasteiger partial charge in [0.25, 0.3) is 15.9 Å². The number of para-hydroxylation sites is 1. The van der Waals surface area contributed by atoms with Gasteiger partial charge in [-0.3, -0.25) is 4.79 Å². The molecule has 33 heavy (non-hydrogen) atoms. The van der Waals surface area contributed by atoms with Gasteiger partial charge in [0.15, 0.2) is 0 Å². The molecule has 0 bridgehead atoms. The standard InChI is InChI=1S/C24H18ClNO6S/c1-15-7-10-18(11-8-15)33(29,30)26(17-9-12-22(31-2)20(25)14-17)23(27)19-13-16-5-3-4-6-21(16)32-24(19)28/h3-14H,1-2H3. The predicted octanol–water partition coefficient (Wildman–Crippen LogP) is 4.80. The van der Waals surface area contributed by atoms with Gasteiger partial charge in [-0.1, -0.05) is 47.5 Å². The molecule has 0 saturated carbocycles. The Bertz CT molecular complexity index is 1530. The van der Waals surface area contributed by atoms with Crippen LogP contribution in [0.5, 0.6) is 5.75 Å². The summed E-state index contributed by atoms with van der Waals surface area (Å²) in [5.41, 5.74) is -0.327. The number of hydrogen-bond acceptors (Lipinski definition) is 6. The monoisotopic (exact) mass is 483 g/mol. The summed E-state index contributed by atoms with van der Waals surface area (Å²) in [4.78, 5) is 26.1. The summed E-state index contributed by atoms with van der Waals surface area (Å²) in [5.74, 6) is -0.776. The van der Waals surface area contributed by atoms with Crippen molar-refractivity contribution < 1.29 is 22.4 Å². The maximum Gasteiger partial charge on any atom is 0.349 e. The van der Waals surface area contributed by atoms with Crippen LogP contribution in [0.1, 0.15) is 15.9 Å². The van der Waals surface area contributed by atoms with E-state index in [-0.39, 0.29) is 21.2 Å². The smallest absolute Gasteiger partial charge is 0.349 e. The Morgan fingerprint density at radius 2 is 1.70 bits per heavy atom. The maximum absolute atomic E-state index is 13.6. The highest BCUT2D eigenvalue weighted by molar-refractivity contribution is 7.93. The Balaban J connectivity index is 1.93. The summed E-state index contributed by atoms with van der Waals surface area (Å²) in [6.45, 7) is 1.81. The normalized spacial score (nSPS) is 11.4. The third-order valence-electron chi connectivity index (χ3n) is 4.99. The second-order valence-electron chi connectivity index (χ2n) is 7.19. The molecule has 0 aliphatic heterocycles. The SMILES string of the molecule is COc1ccc(N(C(=O)c2cc3ccccc3oc2=O)S(=O)(=O)c2ccc(C)cc2)cc1Cl. The van der Waals surface area contributed by atoms with Crippen molar-refractivity contribution in [3.63, 3.8) is 0 Å². The van der Waals surface area contributed by atoms with Gasteiger partial charge in [0.2, 0.25) is 0 Å². The molecule has 0 atom stereocenters. The molecule has 9 heteroatoms. The van der Waals surface area contributed by atoms with Gasteiger partial charge in [-0.15, -0.1) is 0 Å². The van der Waals surface area contributed by atoms with Crippen molar-refractivity contribution in [2.45, 2.75) is 11.8 Å². The third-order valence-corrected chi connectivity index (χ3v) is 7.01. The second kappa shape index (κ2) is 8.73. The third kappa shape index (κ3) is 4.22. The fourth-order valence-electron chi connectivity index (χ4n) is 3.28. The van der Waals surface area contributed by atoms with E-state index in [1.807, 2.05) is 6.92 Å². The number of fused-ring (bicyclic) bond motifs is 1. The number of carbonyl (C=O) groups is 1. The van der Waals surface area contributed by atoms with E-state index in [1.54, 1.807) is 36.4 Å². The van der Waals surface area contributed by atoms with E-state index >= 15 is 0 Å². The topological polar surface area (TPSA) is 93.9 Å². The number of anilines is 1. The first kappa shape index (κ1) is 22.6. The van der Waals surface area contributed by atoms with Crippen molar-refractivity contribution >= 4 is 44.2 Å². The van der Waals surface area contributed by atoms with Crippen LogP contribution >= 0.6 is 11.6 Å². The fraction of sp³-hybridized carbons (Fsp3) is 0.0833. The molecule has 0 radical (unpaired) electrons. The molecule has 4 rings (SSSR count). The number of benzene rings is 3. The average molecular weight is 484 g/mol. The lowest BCUT2D eigenvalue weighted by Crippen LogP contribution is -2.39. The number of carbonyl (C=O) groups excluding carboxylic acids is 1. The number of sulfonamides is 1. The van der Waals surface area contributed by atoms with Crippen molar-refractivity contribution in [1.29, 1.82) is 0 Å². The first-order valence-electron chi connectivity index (χ1n) is 9.75. The number of methoxy groups -OCH3 is 1. The summed E-state index contributed by atoms with van der Waals surface area (Å²) in [5, 5.41) is 0.568. The van der Waals surface area contributed by atoms with Crippen molar-refractivity contribution in [2.75, 3.05) is 11.4 Å². The van der Waals surface area contributed by atoms with Crippen LogP contribution in [0.2, 0.25) is 5.02 Å². The molecule has 0 aliphatic rings. The van der Waals surface area contributed by atoms with Gasteiger partial charge in [0.05, 0.1) is 22.7 Å². The highest BCUT2D eigenvalue weighted by Gasteiger charge is 2.34. The minimum Gasteiger partial charge on any atom is -0.495 e. The number of rotatable bonds is 5. The molecule has 1 amide bonds. The second-order valence-corrected chi connectivity index (χ2v) is 9.39. The molecular weight excluding hydrogens is 466 g/mol. The molecule has 0 spiro atoms. The quantitative estimate of drug-likeness (QED) is 0.378. The number of halogens is 1. The lowest BCUT2D eigenvalue weighted by Gasteiger charge is -2.23. The fourth-order valence-corrected chi connectivity index (χ4v) is 4.93. The van der Waals surface area contributed by atoms with Crippen molar-refractivity contribution in [3.05, 3.63) is 99.4 Å². The molecule has 1 aromatic heterocycles. The van der Waals surface area contributed by atoms with Crippen molar-refractivity contribution in [3.8, 4) is 5.75 Å². The van der Waals surface area contributed by atoms with E-state index in [4.69, 9.17) is 20.8 Å². The average Bonchev–Trinajstić information content (AvgIpc) is 2.79. The minimum atomic E-state index is -4.42. The van der Waals surface area contributed by atoms with Crippen LogP contribution in [0, 0.1) is 6.92 Å². The van der Waals surface area contributed by atoms with Crippen LogP contribution in [-0.4, -0.2) is 21.4 Å². The number of ether oxygens (including phenoxy) is 1. The van der Waals surface area contributed by atoms with E-state index in [0.29, 0.717) is 15.4 Å². The van der Waals surface area contributed by atoms with Crippen LogP contribution in [0.15, 0.2) is 86.9 Å². The molecule has 0 aliphatic carbocycles. The first-order valence-corrected chi connectivity index (χ1v) is 11.6. The van der Waals surface area contributed by atoms with Gasteiger partial charge in [-0.05, 0) is 49.4 Å². The van der Waals surface area contributed by atoms with Crippen LogP contribution in [0.25, 0.3) is 11.0 Å². The summed E-state index contributed by atoms with van der Waals surface area (Å²) in [6, 6.07) is 18.0. The molecule has 0 N–H and O–H groups in total. The van der Waals surface area contributed by atoms with Gasteiger partial charge in [0.1, 0.15) is 16.9 Å². The van der Waals surface area contributed by atoms with Crippen LogP contribution < -0.4 is 14.7 Å². The Labute approximate surface area is 194 Å². The minimum absolute atomic E-state index is 0.0565. The number of hydrogen-bond donors (Lipinski definition) is 0. The molecule has 4 aromatic rings. The Morgan fingerprint density at radius 3 is 2.36 bits per heavy atom. The molecule has 3 aromatic carbocycles. The zero-order valence-electron chi connectivity index (χ0n) is 17.6. The zero-order valence-corrected chi connectivity index (χ0v) is 19.2. The Hall–Kier alpha value is -3.62. The largest absolute Gasteiger partial charge is 0.495 e.